The molecule has 2 aromatic rings. The number of unbranched alkanes of at least 4 members (excludes halogenated alkanes) is 1. The van der Waals surface area contributed by atoms with Crippen molar-refractivity contribution in [3.05, 3.63) is 41.8 Å². The smallest absolute Gasteiger partial charge is 0.224 e. The van der Waals surface area contributed by atoms with E-state index in [9.17, 15) is 0 Å². The van der Waals surface area contributed by atoms with E-state index in [1.54, 1.807) is 6.20 Å². The molecule has 0 radical (unpaired) electrons. The molecule has 0 amide bonds. The summed E-state index contributed by atoms with van der Waals surface area (Å²) < 4.78 is 0. The second-order valence-corrected chi connectivity index (χ2v) is 4.60. The minimum absolute atomic E-state index is 0.210. The number of nitrogen functional groups attached to an aromatic ring is 1. The van der Waals surface area contributed by atoms with E-state index < -0.39 is 0 Å². The van der Waals surface area contributed by atoms with Crippen molar-refractivity contribution < 1.29 is 0 Å². The number of hydrogen-bond donors (Lipinski definition) is 1. The van der Waals surface area contributed by atoms with Crippen molar-refractivity contribution in [2.24, 2.45) is 0 Å². The first-order valence-electron chi connectivity index (χ1n) is 6.33. The van der Waals surface area contributed by atoms with Gasteiger partial charge < -0.3 is 10.6 Å². The number of para-hydroxylation sites is 1. The van der Waals surface area contributed by atoms with Gasteiger partial charge in [0.15, 0.2) is 5.82 Å². The maximum atomic E-state index is 5.97. The highest BCUT2D eigenvalue weighted by Crippen LogP contribution is 2.29. The van der Waals surface area contributed by atoms with Crippen molar-refractivity contribution in [2.45, 2.75) is 19.8 Å². The van der Waals surface area contributed by atoms with Gasteiger partial charge in [-0.15, -0.1) is 0 Å². The largest absolute Gasteiger partial charge is 0.394 e. The quantitative estimate of drug-likeness (QED) is 0.847. The predicted octanol–water partition coefficient (Wildman–Crippen LogP) is 3.65. The third-order valence-corrected chi connectivity index (χ3v) is 3.01. The molecule has 2 rings (SSSR count). The first-order valence-corrected chi connectivity index (χ1v) is 6.70. The van der Waals surface area contributed by atoms with Gasteiger partial charge in [-0.1, -0.05) is 31.5 Å². The zero-order valence-corrected chi connectivity index (χ0v) is 11.6. The van der Waals surface area contributed by atoms with Crippen molar-refractivity contribution in [1.82, 2.24) is 9.97 Å². The average Bonchev–Trinajstić information content (AvgIpc) is 2.44. The molecule has 0 saturated carbocycles. The second kappa shape index (κ2) is 6.38. The summed E-state index contributed by atoms with van der Waals surface area (Å²) in [5.41, 5.74) is 7.56. The molecule has 0 atom stereocenters. The fourth-order valence-electron chi connectivity index (χ4n) is 1.86. The molecule has 0 aliphatic rings. The summed E-state index contributed by atoms with van der Waals surface area (Å²) in [4.78, 5) is 10.2. The molecule has 1 aromatic carbocycles. The third kappa shape index (κ3) is 3.35. The maximum absolute atomic E-state index is 5.97. The molecule has 19 heavy (non-hydrogen) atoms. The van der Waals surface area contributed by atoms with E-state index in [0.717, 1.165) is 25.1 Å². The number of rotatable bonds is 5. The van der Waals surface area contributed by atoms with Crippen molar-refractivity contribution in [3.63, 3.8) is 0 Å². The Balaban J connectivity index is 2.40. The Morgan fingerprint density at radius 2 is 2.00 bits per heavy atom. The van der Waals surface area contributed by atoms with Crippen LogP contribution in [0.5, 0.6) is 0 Å². The number of anilines is 3. The zero-order chi connectivity index (χ0) is 13.7. The fraction of sp³-hybridized carbons (Fsp3) is 0.286. The monoisotopic (exact) mass is 276 g/mol. The zero-order valence-electron chi connectivity index (χ0n) is 10.9. The Morgan fingerprint density at radius 3 is 2.68 bits per heavy atom. The number of hydrogen-bond acceptors (Lipinski definition) is 4. The molecule has 0 bridgehead atoms. The van der Waals surface area contributed by atoms with Crippen molar-refractivity contribution in [3.8, 4) is 0 Å². The van der Waals surface area contributed by atoms with Gasteiger partial charge in [0.1, 0.15) is 0 Å². The van der Waals surface area contributed by atoms with Crippen LogP contribution in [-0.2, 0) is 0 Å². The highest BCUT2D eigenvalue weighted by atomic mass is 35.5. The summed E-state index contributed by atoms with van der Waals surface area (Å²) in [6.45, 7) is 3.00. The highest BCUT2D eigenvalue weighted by Gasteiger charge is 2.14. The number of nitrogens with two attached hydrogens (primary N) is 1. The van der Waals surface area contributed by atoms with Gasteiger partial charge in [0.05, 0.1) is 11.9 Å². The second-order valence-electron chi connectivity index (χ2n) is 4.26. The summed E-state index contributed by atoms with van der Waals surface area (Å²) in [7, 11) is 0. The van der Waals surface area contributed by atoms with Crippen molar-refractivity contribution >= 4 is 28.8 Å². The van der Waals surface area contributed by atoms with Crippen LogP contribution in [0.4, 0.5) is 17.2 Å². The molecule has 0 saturated heterocycles. The molecule has 4 nitrogen and oxygen atoms in total. The molecule has 0 aliphatic heterocycles. The van der Waals surface area contributed by atoms with E-state index in [1.165, 1.54) is 0 Å². The lowest BCUT2D eigenvalue weighted by atomic mass is 10.2. The molecule has 0 spiro atoms. The molecule has 0 fully saturated rings. The van der Waals surface area contributed by atoms with E-state index in [-0.39, 0.29) is 5.28 Å². The van der Waals surface area contributed by atoms with E-state index in [4.69, 9.17) is 17.3 Å². The van der Waals surface area contributed by atoms with Crippen molar-refractivity contribution in [2.75, 3.05) is 17.2 Å². The molecule has 100 valence electrons. The Kier molecular flexibility index (Phi) is 4.58. The lowest BCUT2D eigenvalue weighted by molar-refractivity contribution is 0.779. The minimum Gasteiger partial charge on any atom is -0.394 e. The lowest BCUT2D eigenvalue weighted by Gasteiger charge is -2.24. The molecule has 0 aliphatic carbocycles. The van der Waals surface area contributed by atoms with Crippen LogP contribution in [0.1, 0.15) is 19.8 Å². The number of benzene rings is 1. The van der Waals surface area contributed by atoms with Gasteiger partial charge in [0.2, 0.25) is 5.28 Å². The Labute approximate surface area is 118 Å². The van der Waals surface area contributed by atoms with Gasteiger partial charge in [0.25, 0.3) is 0 Å². The normalized spacial score (nSPS) is 10.4. The Morgan fingerprint density at radius 1 is 1.26 bits per heavy atom. The van der Waals surface area contributed by atoms with Crippen LogP contribution in [0, 0.1) is 0 Å². The first-order chi connectivity index (χ1) is 9.22. The van der Waals surface area contributed by atoms with Crippen LogP contribution >= 0.6 is 11.6 Å². The topological polar surface area (TPSA) is 55.0 Å². The minimum atomic E-state index is 0.210. The Hall–Kier alpha value is -1.81. The third-order valence-electron chi connectivity index (χ3n) is 2.83. The van der Waals surface area contributed by atoms with Gasteiger partial charge in [-0.25, -0.2) is 4.98 Å². The summed E-state index contributed by atoms with van der Waals surface area (Å²) in [6, 6.07) is 10.0. The van der Waals surface area contributed by atoms with Crippen LogP contribution in [0.15, 0.2) is 36.5 Å². The summed E-state index contributed by atoms with van der Waals surface area (Å²) in [5.74, 6) is 0.666. The van der Waals surface area contributed by atoms with E-state index in [0.29, 0.717) is 11.5 Å². The standard InChI is InChI=1S/C14H17ClN4/c1-2-3-9-19(11-7-5-4-6-8-11)13-12(16)10-17-14(15)18-13/h4-8,10H,2-3,9,16H2,1H3. The highest BCUT2D eigenvalue weighted by molar-refractivity contribution is 6.28. The van der Waals surface area contributed by atoms with E-state index >= 15 is 0 Å². The molecular weight excluding hydrogens is 260 g/mol. The summed E-state index contributed by atoms with van der Waals surface area (Å²) >= 11 is 5.88. The van der Waals surface area contributed by atoms with Crippen LogP contribution in [-0.4, -0.2) is 16.5 Å². The molecule has 2 N–H and O–H groups in total. The SMILES string of the molecule is CCCCN(c1ccccc1)c1nc(Cl)ncc1N. The number of nitrogens with zero attached hydrogens (tertiary/aromatic N) is 3. The predicted molar refractivity (Wildman–Crippen MR) is 79.8 cm³/mol. The molecule has 0 unspecified atom stereocenters. The number of aromatic nitrogens is 2. The number of halogens is 1. The van der Waals surface area contributed by atoms with E-state index in [2.05, 4.69) is 21.8 Å². The Bertz CT molecular complexity index is 530. The lowest BCUT2D eigenvalue weighted by Crippen LogP contribution is -2.21. The average molecular weight is 277 g/mol. The van der Waals surface area contributed by atoms with E-state index in [1.807, 2.05) is 30.3 Å². The fourth-order valence-corrected chi connectivity index (χ4v) is 1.99. The van der Waals surface area contributed by atoms with Gasteiger partial charge in [0, 0.05) is 12.2 Å². The molecule has 1 heterocycles. The first kappa shape index (κ1) is 13.6. The van der Waals surface area contributed by atoms with Crippen LogP contribution in [0.2, 0.25) is 5.28 Å². The van der Waals surface area contributed by atoms with Crippen LogP contribution in [0.25, 0.3) is 0 Å². The van der Waals surface area contributed by atoms with Gasteiger partial charge in [-0.05, 0) is 30.2 Å². The molecule has 1 aromatic heterocycles. The van der Waals surface area contributed by atoms with Crippen molar-refractivity contribution in [1.29, 1.82) is 0 Å². The summed E-state index contributed by atoms with van der Waals surface area (Å²) in [6.07, 6.45) is 3.70. The maximum Gasteiger partial charge on any atom is 0.224 e. The summed E-state index contributed by atoms with van der Waals surface area (Å²) in [5, 5.41) is 0.210. The molecule has 5 heteroatoms. The van der Waals surface area contributed by atoms with Crippen LogP contribution in [0.3, 0.4) is 0 Å². The molecular formula is C14H17ClN4. The van der Waals surface area contributed by atoms with Gasteiger partial charge in [-0.2, -0.15) is 4.98 Å². The van der Waals surface area contributed by atoms with Gasteiger partial charge in [-0.3, -0.25) is 0 Å². The van der Waals surface area contributed by atoms with Crippen LogP contribution < -0.4 is 10.6 Å². The van der Waals surface area contributed by atoms with Gasteiger partial charge >= 0.3 is 0 Å².